The first-order valence-electron chi connectivity index (χ1n) is 12.7. The van der Waals surface area contributed by atoms with E-state index < -0.39 is 23.6 Å². The minimum absolute atomic E-state index is 0.188. The quantitative estimate of drug-likeness (QED) is 0.368. The Morgan fingerprint density at radius 2 is 2.10 bits per heavy atom. The first-order chi connectivity index (χ1) is 18.7. The molecule has 206 valence electrons. The number of nitrogens with zero attached hydrogens (tertiary/aromatic N) is 7. The van der Waals surface area contributed by atoms with Gasteiger partial charge < -0.3 is 14.6 Å². The number of hydrogen-bond donors (Lipinski definition) is 1. The van der Waals surface area contributed by atoms with Crippen molar-refractivity contribution < 1.29 is 23.4 Å². The zero-order valence-corrected chi connectivity index (χ0v) is 22.2. The number of aliphatic hydroxyl groups is 1. The van der Waals surface area contributed by atoms with Crippen LogP contribution in [0.3, 0.4) is 0 Å². The highest BCUT2D eigenvalue weighted by molar-refractivity contribution is 6.34. The molecule has 2 saturated heterocycles. The van der Waals surface area contributed by atoms with Crippen LogP contribution in [0.4, 0.5) is 8.78 Å². The fourth-order valence-electron chi connectivity index (χ4n) is 5.15. The molecular weight excluding hydrogens is 532 g/mol. The van der Waals surface area contributed by atoms with Crippen LogP contribution >= 0.6 is 11.6 Å². The molecule has 0 saturated carbocycles. The van der Waals surface area contributed by atoms with Gasteiger partial charge in [-0.25, -0.2) is 18.0 Å². The highest BCUT2D eigenvalue weighted by Crippen LogP contribution is 2.35. The topological polar surface area (TPSA) is 103 Å². The first kappa shape index (κ1) is 26.1. The fraction of sp³-hybridized carbons (Fsp3) is 0.462. The molecule has 0 spiro atoms. The average molecular weight is 560 g/mol. The Hall–Kier alpha value is -3.19. The number of hydrogen-bond acceptors (Lipinski definition) is 8. The van der Waals surface area contributed by atoms with Gasteiger partial charge in [-0.1, -0.05) is 16.8 Å². The summed E-state index contributed by atoms with van der Waals surface area (Å²) in [7, 11) is 0. The molecule has 0 bridgehead atoms. The third kappa shape index (κ3) is 4.86. The predicted molar refractivity (Wildman–Crippen MR) is 138 cm³/mol. The molecule has 2 aliphatic heterocycles. The van der Waals surface area contributed by atoms with Crippen LogP contribution in [0.2, 0.25) is 5.02 Å². The van der Waals surface area contributed by atoms with E-state index in [1.807, 2.05) is 6.92 Å². The molecule has 10 nitrogen and oxygen atoms in total. The lowest BCUT2D eigenvalue weighted by Crippen LogP contribution is -2.55. The lowest BCUT2D eigenvalue weighted by atomic mass is 10.00. The van der Waals surface area contributed by atoms with E-state index in [2.05, 4.69) is 25.3 Å². The molecule has 2 unspecified atom stereocenters. The van der Waals surface area contributed by atoms with Gasteiger partial charge in [0.1, 0.15) is 41.2 Å². The second-order valence-electron chi connectivity index (χ2n) is 10.3. The summed E-state index contributed by atoms with van der Waals surface area (Å²) in [5.41, 5.74) is 1.16. The summed E-state index contributed by atoms with van der Waals surface area (Å²) in [6, 6.07) is 4.25. The van der Waals surface area contributed by atoms with Crippen molar-refractivity contribution in [2.75, 3.05) is 32.9 Å². The Bertz CT molecular complexity index is 1490. The maximum absolute atomic E-state index is 15.3. The molecule has 6 rings (SSSR count). The van der Waals surface area contributed by atoms with Gasteiger partial charge in [-0.05, 0) is 38.5 Å². The second kappa shape index (κ2) is 10.1. The zero-order chi connectivity index (χ0) is 27.3. The molecule has 4 aromatic heterocycles. The minimum Gasteiger partial charge on any atom is -0.488 e. The van der Waals surface area contributed by atoms with Crippen molar-refractivity contribution in [2.45, 2.75) is 44.1 Å². The van der Waals surface area contributed by atoms with Crippen molar-refractivity contribution in [2.24, 2.45) is 0 Å². The number of piperidine rings is 1. The average Bonchev–Trinajstić information content (AvgIpc) is 3.44. The maximum Gasteiger partial charge on any atom is 0.147 e. The number of rotatable bonds is 7. The van der Waals surface area contributed by atoms with Crippen LogP contribution < -0.4 is 4.74 Å². The number of aromatic nitrogens is 6. The van der Waals surface area contributed by atoms with Gasteiger partial charge in [0.05, 0.1) is 54.1 Å². The van der Waals surface area contributed by atoms with Crippen molar-refractivity contribution >= 4 is 17.1 Å². The van der Waals surface area contributed by atoms with Gasteiger partial charge in [-0.15, -0.1) is 5.10 Å². The van der Waals surface area contributed by atoms with E-state index in [0.29, 0.717) is 65.5 Å². The third-order valence-electron chi connectivity index (χ3n) is 7.51. The first-order valence-corrected chi connectivity index (χ1v) is 13.1. The van der Waals surface area contributed by atoms with Crippen LogP contribution in [-0.2, 0) is 10.3 Å². The summed E-state index contributed by atoms with van der Waals surface area (Å²) in [6.07, 6.45) is 3.82. The molecule has 13 heteroatoms. The van der Waals surface area contributed by atoms with Gasteiger partial charge in [-0.2, -0.15) is 5.10 Å². The molecule has 0 aliphatic carbocycles. The monoisotopic (exact) mass is 559 g/mol. The number of likely N-dealkylation sites (tertiary alicyclic amines) is 1. The van der Waals surface area contributed by atoms with Gasteiger partial charge >= 0.3 is 0 Å². The Morgan fingerprint density at radius 3 is 2.79 bits per heavy atom. The van der Waals surface area contributed by atoms with E-state index in [0.717, 1.165) is 12.7 Å². The molecule has 2 aliphatic rings. The highest BCUT2D eigenvalue weighted by atomic mass is 35.5. The second-order valence-corrected chi connectivity index (χ2v) is 10.7. The highest BCUT2D eigenvalue weighted by Gasteiger charge is 2.37. The van der Waals surface area contributed by atoms with Crippen LogP contribution in [0.5, 0.6) is 5.75 Å². The molecule has 3 atom stereocenters. The number of halogens is 3. The zero-order valence-electron chi connectivity index (χ0n) is 21.5. The van der Waals surface area contributed by atoms with E-state index in [1.165, 1.54) is 25.3 Å². The Labute approximate surface area is 228 Å². The molecule has 1 N–H and O–H groups in total. The van der Waals surface area contributed by atoms with Gasteiger partial charge in [0, 0.05) is 24.8 Å². The van der Waals surface area contributed by atoms with Crippen LogP contribution in [0.25, 0.3) is 16.8 Å². The summed E-state index contributed by atoms with van der Waals surface area (Å²) >= 11 is 6.40. The molecule has 2 fully saturated rings. The normalized spacial score (nSPS) is 22.1. The minimum atomic E-state index is -1.51. The van der Waals surface area contributed by atoms with E-state index in [4.69, 9.17) is 21.1 Å². The molecule has 39 heavy (non-hydrogen) atoms. The predicted octanol–water partition coefficient (Wildman–Crippen LogP) is 3.36. The number of pyridine rings is 2. The largest absolute Gasteiger partial charge is 0.488 e. The number of alkyl halides is 1. The molecule has 0 radical (unpaired) electrons. The Balaban J connectivity index is 1.27. The number of ether oxygens (including phenoxy) is 2. The van der Waals surface area contributed by atoms with E-state index in [1.54, 1.807) is 21.5 Å². The third-order valence-corrected chi connectivity index (χ3v) is 7.79. The van der Waals surface area contributed by atoms with Gasteiger partial charge in [0.25, 0.3) is 0 Å². The Morgan fingerprint density at radius 1 is 1.28 bits per heavy atom. The van der Waals surface area contributed by atoms with E-state index in [9.17, 15) is 9.50 Å². The molecular formula is C26H28ClF2N7O3. The lowest BCUT2D eigenvalue weighted by molar-refractivity contribution is -0.0849. The maximum atomic E-state index is 15.3. The number of fused-ring (bicyclic) bond motifs is 1. The molecule has 0 amide bonds. The molecule has 0 aromatic carbocycles. The van der Waals surface area contributed by atoms with E-state index in [-0.39, 0.29) is 12.3 Å². The Kier molecular flexibility index (Phi) is 6.74. The van der Waals surface area contributed by atoms with Crippen LogP contribution in [0.15, 0.2) is 36.8 Å². The van der Waals surface area contributed by atoms with Crippen molar-refractivity contribution in [1.82, 2.24) is 34.5 Å². The van der Waals surface area contributed by atoms with Crippen molar-refractivity contribution in [3.8, 4) is 17.0 Å². The van der Waals surface area contributed by atoms with Crippen molar-refractivity contribution in [3.05, 3.63) is 59.0 Å². The van der Waals surface area contributed by atoms with Crippen molar-refractivity contribution in [3.63, 3.8) is 0 Å². The fourth-order valence-corrected chi connectivity index (χ4v) is 5.38. The lowest BCUT2D eigenvalue weighted by Gasteiger charge is -2.42. The summed E-state index contributed by atoms with van der Waals surface area (Å²) in [4.78, 5) is 6.12. The smallest absolute Gasteiger partial charge is 0.147 e. The van der Waals surface area contributed by atoms with Gasteiger partial charge in [-0.3, -0.25) is 9.88 Å². The van der Waals surface area contributed by atoms with Crippen molar-refractivity contribution in [1.29, 1.82) is 0 Å². The SMILES string of the molecule is Cc1c(-c2cc(OC[C@](C)(O)c3ccc(F)cn3)c3c(Cl)cnn3c2)nnn1C1CCN(C2COC2)CC1F. The van der Waals surface area contributed by atoms with Crippen LogP contribution in [0.1, 0.15) is 30.8 Å². The summed E-state index contributed by atoms with van der Waals surface area (Å²) < 4.78 is 43.1. The van der Waals surface area contributed by atoms with E-state index >= 15 is 4.39 Å². The molecule has 6 heterocycles. The summed E-state index contributed by atoms with van der Waals surface area (Å²) in [5, 5.41) is 24.4. The van der Waals surface area contributed by atoms with Crippen LogP contribution in [0, 0.1) is 12.7 Å². The molecule has 4 aromatic rings. The summed E-state index contributed by atoms with van der Waals surface area (Å²) in [5.74, 6) is -0.150. The van der Waals surface area contributed by atoms with Gasteiger partial charge in [0.15, 0.2) is 0 Å². The van der Waals surface area contributed by atoms with Gasteiger partial charge in [0.2, 0.25) is 0 Å². The summed E-state index contributed by atoms with van der Waals surface area (Å²) in [6.45, 7) is 5.62. The standard InChI is InChI=1S/C26H28ClF2N7O3/c1-15-24(32-33-36(15)21-5-6-34(11-20(21)29)18-12-38-13-18)16-7-22(25-19(27)9-31-35(25)10-16)39-14-26(2,37)23-4-3-17(28)8-30-23/h3-4,7-10,18,20-21,37H,5-6,11-14H2,1-2H3/t20?,21?,26-/m0/s1. The van der Waals surface area contributed by atoms with Crippen LogP contribution in [-0.4, -0.2) is 84.7 Å².